The van der Waals surface area contributed by atoms with Gasteiger partial charge >= 0.3 is 0 Å². The molecule has 1 aromatic heterocycles. The minimum absolute atomic E-state index is 0.0197. The van der Waals surface area contributed by atoms with Crippen LogP contribution in [-0.4, -0.2) is 16.1 Å². The number of hydrogen-bond acceptors (Lipinski definition) is 2. The minimum Gasteiger partial charge on any atom is -0.323 e. The molecule has 18 heavy (non-hydrogen) atoms. The molecule has 0 spiro atoms. The van der Waals surface area contributed by atoms with Crippen molar-refractivity contribution in [2.45, 2.75) is 18.3 Å². The highest BCUT2D eigenvalue weighted by molar-refractivity contribution is 6.30. The van der Waals surface area contributed by atoms with E-state index in [0.717, 1.165) is 18.4 Å². The minimum atomic E-state index is -0.387. The van der Waals surface area contributed by atoms with Gasteiger partial charge in [-0.25, -0.2) is 0 Å². The van der Waals surface area contributed by atoms with E-state index in [-0.39, 0.29) is 11.3 Å². The number of aromatic amines is 1. The Balaban J connectivity index is 1.82. The first kappa shape index (κ1) is 11.3. The van der Waals surface area contributed by atoms with Crippen LogP contribution in [0.3, 0.4) is 0 Å². The molecule has 4 nitrogen and oxygen atoms in total. The van der Waals surface area contributed by atoms with Gasteiger partial charge in [0.15, 0.2) is 0 Å². The maximum Gasteiger partial charge on any atom is 0.235 e. The van der Waals surface area contributed by atoms with Crippen LogP contribution in [0, 0.1) is 0 Å². The number of halogens is 1. The third-order valence-electron chi connectivity index (χ3n) is 3.34. The van der Waals surface area contributed by atoms with Crippen molar-refractivity contribution in [3.8, 4) is 0 Å². The predicted molar refractivity (Wildman–Crippen MR) is 69.6 cm³/mol. The highest BCUT2D eigenvalue weighted by atomic mass is 35.5. The molecular formula is C13H12ClN3O. The van der Waals surface area contributed by atoms with Crippen molar-refractivity contribution in [1.82, 2.24) is 10.2 Å². The highest BCUT2D eigenvalue weighted by Crippen LogP contribution is 2.49. The molecule has 2 aromatic rings. The Labute approximate surface area is 109 Å². The second-order valence-electron chi connectivity index (χ2n) is 4.53. The van der Waals surface area contributed by atoms with Crippen molar-refractivity contribution in [3.63, 3.8) is 0 Å². The predicted octanol–water partition coefficient (Wildman–Crippen LogP) is 2.73. The molecule has 1 aliphatic carbocycles. The molecule has 5 heteroatoms. The molecule has 1 heterocycles. The lowest BCUT2D eigenvalue weighted by molar-refractivity contribution is -0.118. The Hall–Kier alpha value is -1.81. The average molecular weight is 262 g/mol. The summed E-state index contributed by atoms with van der Waals surface area (Å²) in [6.45, 7) is 0. The number of hydrogen-bond donors (Lipinski definition) is 2. The van der Waals surface area contributed by atoms with Crippen molar-refractivity contribution >= 4 is 23.2 Å². The van der Waals surface area contributed by atoms with Gasteiger partial charge in [0.2, 0.25) is 5.91 Å². The van der Waals surface area contributed by atoms with Gasteiger partial charge in [-0.1, -0.05) is 23.7 Å². The number of nitrogens with one attached hydrogen (secondary N) is 2. The standard InChI is InChI=1S/C13H12ClN3O/c14-10-3-1-9(2-4-10)13(5-6-13)12(18)17-11-7-15-16-8-11/h1-4,7-8H,5-6H2,(H,15,16)(H,17,18). The van der Waals surface area contributed by atoms with Crippen LogP contribution in [-0.2, 0) is 10.2 Å². The Kier molecular flexibility index (Phi) is 2.59. The molecular weight excluding hydrogens is 250 g/mol. The molecule has 1 amide bonds. The van der Waals surface area contributed by atoms with Gasteiger partial charge in [-0.3, -0.25) is 9.89 Å². The number of anilines is 1. The molecule has 0 bridgehead atoms. The van der Waals surface area contributed by atoms with Crippen molar-refractivity contribution in [3.05, 3.63) is 47.2 Å². The fraction of sp³-hybridized carbons (Fsp3) is 0.231. The molecule has 92 valence electrons. The van der Waals surface area contributed by atoms with Gasteiger partial charge < -0.3 is 5.32 Å². The quantitative estimate of drug-likeness (QED) is 0.893. The van der Waals surface area contributed by atoms with Gasteiger partial charge in [0.25, 0.3) is 0 Å². The summed E-state index contributed by atoms with van der Waals surface area (Å²) >= 11 is 5.86. The van der Waals surface area contributed by atoms with Gasteiger partial charge in [-0.15, -0.1) is 0 Å². The van der Waals surface area contributed by atoms with E-state index in [1.54, 1.807) is 12.4 Å². The number of amides is 1. The summed E-state index contributed by atoms with van der Waals surface area (Å²) in [6, 6.07) is 7.48. The van der Waals surface area contributed by atoms with Crippen molar-refractivity contribution in [2.75, 3.05) is 5.32 Å². The number of H-pyrrole nitrogens is 1. The number of carbonyl (C=O) groups excluding carboxylic acids is 1. The highest BCUT2D eigenvalue weighted by Gasteiger charge is 2.51. The van der Waals surface area contributed by atoms with E-state index >= 15 is 0 Å². The number of carbonyl (C=O) groups is 1. The molecule has 0 unspecified atom stereocenters. The summed E-state index contributed by atoms with van der Waals surface area (Å²) in [4.78, 5) is 12.3. The van der Waals surface area contributed by atoms with E-state index < -0.39 is 0 Å². The molecule has 1 aliphatic rings. The normalized spacial score (nSPS) is 16.3. The van der Waals surface area contributed by atoms with E-state index in [1.165, 1.54) is 0 Å². The largest absolute Gasteiger partial charge is 0.323 e. The SMILES string of the molecule is O=C(Nc1cn[nH]c1)C1(c2ccc(Cl)cc2)CC1. The van der Waals surface area contributed by atoms with Gasteiger partial charge in [-0.05, 0) is 30.5 Å². The molecule has 2 N–H and O–H groups in total. The van der Waals surface area contributed by atoms with Crippen LogP contribution in [0.25, 0.3) is 0 Å². The lowest BCUT2D eigenvalue weighted by Crippen LogP contribution is -2.27. The fourth-order valence-corrected chi connectivity index (χ4v) is 2.24. The second kappa shape index (κ2) is 4.14. The first-order valence-electron chi connectivity index (χ1n) is 5.77. The molecule has 1 fully saturated rings. The third-order valence-corrected chi connectivity index (χ3v) is 3.59. The van der Waals surface area contributed by atoms with E-state index in [9.17, 15) is 4.79 Å². The van der Waals surface area contributed by atoms with Gasteiger partial charge in [0, 0.05) is 11.2 Å². The van der Waals surface area contributed by atoms with Crippen LogP contribution in [0.5, 0.6) is 0 Å². The zero-order valence-corrected chi connectivity index (χ0v) is 10.4. The van der Waals surface area contributed by atoms with Gasteiger partial charge in [0.1, 0.15) is 0 Å². The molecule has 0 aliphatic heterocycles. The Morgan fingerprint density at radius 1 is 1.33 bits per heavy atom. The molecule has 0 atom stereocenters. The Morgan fingerprint density at radius 3 is 2.61 bits per heavy atom. The summed E-state index contributed by atoms with van der Waals surface area (Å²) in [5, 5.41) is 10.0. The summed E-state index contributed by atoms with van der Waals surface area (Å²) in [5.74, 6) is 0.0197. The zero-order chi connectivity index (χ0) is 12.6. The number of rotatable bonds is 3. The van der Waals surface area contributed by atoms with Crippen LogP contribution in [0.15, 0.2) is 36.7 Å². The zero-order valence-electron chi connectivity index (χ0n) is 9.61. The van der Waals surface area contributed by atoms with Crippen LogP contribution in [0.4, 0.5) is 5.69 Å². The third kappa shape index (κ3) is 1.88. The molecule has 0 saturated heterocycles. The Morgan fingerprint density at radius 2 is 2.06 bits per heavy atom. The summed E-state index contributed by atoms with van der Waals surface area (Å²) in [6.07, 6.45) is 5.00. The second-order valence-corrected chi connectivity index (χ2v) is 4.97. The average Bonchev–Trinajstić information content (AvgIpc) is 3.03. The first-order valence-corrected chi connectivity index (χ1v) is 6.15. The monoisotopic (exact) mass is 261 g/mol. The molecule has 0 radical (unpaired) electrons. The van der Waals surface area contributed by atoms with Crippen molar-refractivity contribution in [2.24, 2.45) is 0 Å². The summed E-state index contributed by atoms with van der Waals surface area (Å²) in [5.41, 5.74) is 1.33. The maximum atomic E-state index is 12.3. The van der Waals surface area contributed by atoms with Crippen LogP contribution < -0.4 is 5.32 Å². The number of benzene rings is 1. The van der Waals surface area contributed by atoms with E-state index in [4.69, 9.17) is 11.6 Å². The Bertz CT molecular complexity index is 558. The first-order chi connectivity index (χ1) is 8.71. The van der Waals surface area contributed by atoms with E-state index in [1.807, 2.05) is 24.3 Å². The fourth-order valence-electron chi connectivity index (χ4n) is 2.11. The maximum absolute atomic E-state index is 12.3. The van der Waals surface area contributed by atoms with Crippen molar-refractivity contribution in [1.29, 1.82) is 0 Å². The van der Waals surface area contributed by atoms with Crippen molar-refractivity contribution < 1.29 is 4.79 Å². The summed E-state index contributed by atoms with van der Waals surface area (Å²) in [7, 11) is 0. The van der Waals surface area contributed by atoms with E-state index in [2.05, 4.69) is 15.5 Å². The van der Waals surface area contributed by atoms with Crippen LogP contribution in [0.1, 0.15) is 18.4 Å². The number of nitrogens with zero attached hydrogens (tertiary/aromatic N) is 1. The van der Waals surface area contributed by atoms with Crippen LogP contribution in [0.2, 0.25) is 5.02 Å². The van der Waals surface area contributed by atoms with E-state index in [0.29, 0.717) is 10.7 Å². The smallest absolute Gasteiger partial charge is 0.235 e. The van der Waals surface area contributed by atoms with Gasteiger partial charge in [0.05, 0.1) is 17.3 Å². The number of aromatic nitrogens is 2. The topological polar surface area (TPSA) is 57.8 Å². The lowest BCUT2D eigenvalue weighted by Gasteiger charge is -2.14. The summed E-state index contributed by atoms with van der Waals surface area (Å²) < 4.78 is 0. The lowest BCUT2D eigenvalue weighted by atomic mass is 9.95. The molecule has 3 rings (SSSR count). The molecule has 1 saturated carbocycles. The molecule has 1 aromatic carbocycles. The van der Waals surface area contributed by atoms with Gasteiger partial charge in [-0.2, -0.15) is 5.10 Å². The van der Waals surface area contributed by atoms with Crippen LogP contribution >= 0.6 is 11.6 Å².